The Morgan fingerprint density at radius 3 is 2.00 bits per heavy atom. The number of methoxy groups -OCH3 is 1. The molecule has 4 N–H and O–H groups in total. The SMILES string of the molecule is COC(=O)C[C@H](N)C(=O)OC(=O)[C@@H](N)COC(C)(C)C. The molecule has 0 aliphatic carbocycles. The van der Waals surface area contributed by atoms with Crippen LogP contribution < -0.4 is 11.5 Å². The summed E-state index contributed by atoms with van der Waals surface area (Å²) in [5.74, 6) is -2.67. The van der Waals surface area contributed by atoms with Crippen LogP contribution in [0.25, 0.3) is 0 Å². The average Bonchev–Trinajstić information content (AvgIpc) is 2.34. The molecular formula is C12H22N2O6. The lowest BCUT2D eigenvalue weighted by Gasteiger charge is -2.21. The summed E-state index contributed by atoms with van der Waals surface area (Å²) >= 11 is 0. The maximum absolute atomic E-state index is 11.5. The summed E-state index contributed by atoms with van der Waals surface area (Å²) in [6, 6.07) is -2.38. The Kier molecular flexibility index (Phi) is 7.33. The van der Waals surface area contributed by atoms with Crippen molar-refractivity contribution >= 4 is 17.9 Å². The van der Waals surface area contributed by atoms with Crippen LogP contribution in [-0.2, 0) is 28.6 Å². The highest BCUT2D eigenvalue weighted by Crippen LogP contribution is 2.07. The van der Waals surface area contributed by atoms with Crippen LogP contribution in [0.2, 0.25) is 0 Å². The topological polar surface area (TPSA) is 131 Å². The minimum atomic E-state index is -1.28. The maximum atomic E-state index is 11.5. The number of carbonyl (C=O) groups is 3. The molecule has 20 heavy (non-hydrogen) atoms. The monoisotopic (exact) mass is 290 g/mol. The molecular weight excluding hydrogens is 268 g/mol. The van der Waals surface area contributed by atoms with Crippen LogP contribution in [-0.4, -0.2) is 49.3 Å². The second-order valence-electron chi connectivity index (χ2n) is 5.16. The minimum Gasteiger partial charge on any atom is -0.469 e. The first-order valence-corrected chi connectivity index (χ1v) is 6.04. The Balaban J connectivity index is 4.24. The molecule has 0 heterocycles. The minimum absolute atomic E-state index is 0.0954. The van der Waals surface area contributed by atoms with E-state index < -0.39 is 35.6 Å². The van der Waals surface area contributed by atoms with Gasteiger partial charge in [-0.15, -0.1) is 0 Å². The fraction of sp³-hybridized carbons (Fsp3) is 0.750. The summed E-state index contributed by atoms with van der Waals surface area (Å²) in [7, 11) is 1.16. The van der Waals surface area contributed by atoms with Crippen molar-refractivity contribution in [1.82, 2.24) is 0 Å². The van der Waals surface area contributed by atoms with Crippen molar-refractivity contribution in [2.75, 3.05) is 13.7 Å². The van der Waals surface area contributed by atoms with Crippen LogP contribution in [0.1, 0.15) is 27.2 Å². The highest BCUT2D eigenvalue weighted by atomic mass is 16.6. The van der Waals surface area contributed by atoms with E-state index in [1.807, 2.05) is 0 Å². The smallest absolute Gasteiger partial charge is 0.333 e. The molecule has 0 spiro atoms. The van der Waals surface area contributed by atoms with Gasteiger partial charge in [-0.25, -0.2) is 9.59 Å². The molecule has 0 aromatic carbocycles. The Bertz CT molecular complexity index is 363. The van der Waals surface area contributed by atoms with Gasteiger partial charge in [0.2, 0.25) is 0 Å². The third kappa shape index (κ3) is 7.82. The highest BCUT2D eigenvalue weighted by Gasteiger charge is 2.26. The van der Waals surface area contributed by atoms with Crippen molar-refractivity contribution < 1.29 is 28.6 Å². The van der Waals surface area contributed by atoms with Gasteiger partial charge in [0.15, 0.2) is 0 Å². The fourth-order valence-electron chi connectivity index (χ4n) is 1.00. The number of esters is 3. The second-order valence-corrected chi connectivity index (χ2v) is 5.16. The largest absolute Gasteiger partial charge is 0.469 e. The molecule has 0 fully saturated rings. The third-order valence-electron chi connectivity index (χ3n) is 2.12. The second kappa shape index (κ2) is 7.93. The molecule has 2 atom stereocenters. The molecule has 8 nitrogen and oxygen atoms in total. The van der Waals surface area contributed by atoms with E-state index in [0.29, 0.717) is 0 Å². The van der Waals surface area contributed by atoms with Gasteiger partial charge in [0, 0.05) is 0 Å². The number of carbonyl (C=O) groups excluding carboxylic acids is 3. The van der Waals surface area contributed by atoms with E-state index in [-0.39, 0.29) is 13.0 Å². The molecule has 0 aromatic heterocycles. The van der Waals surface area contributed by atoms with Crippen LogP contribution in [0.15, 0.2) is 0 Å². The zero-order chi connectivity index (χ0) is 15.9. The van der Waals surface area contributed by atoms with E-state index in [0.717, 1.165) is 7.11 Å². The van der Waals surface area contributed by atoms with E-state index >= 15 is 0 Å². The molecule has 0 radical (unpaired) electrons. The van der Waals surface area contributed by atoms with Crippen LogP contribution >= 0.6 is 0 Å². The lowest BCUT2D eigenvalue weighted by molar-refractivity contribution is -0.164. The number of nitrogens with two attached hydrogens (primary N) is 2. The standard InChI is InChI=1S/C12H22N2O6/c1-12(2,3)19-6-8(14)11(17)20-10(16)7(13)5-9(15)18-4/h7-8H,5-6,13-14H2,1-4H3/t7-,8-/m0/s1. The van der Waals surface area contributed by atoms with Gasteiger partial charge < -0.3 is 25.7 Å². The van der Waals surface area contributed by atoms with Crippen molar-refractivity contribution in [1.29, 1.82) is 0 Å². The van der Waals surface area contributed by atoms with Gasteiger partial charge in [0.25, 0.3) is 0 Å². The van der Waals surface area contributed by atoms with Gasteiger partial charge in [-0.3, -0.25) is 4.79 Å². The zero-order valence-electron chi connectivity index (χ0n) is 12.2. The van der Waals surface area contributed by atoms with Crippen LogP contribution in [0.5, 0.6) is 0 Å². The van der Waals surface area contributed by atoms with Gasteiger partial charge in [-0.2, -0.15) is 0 Å². The van der Waals surface area contributed by atoms with Crippen molar-refractivity contribution in [3.63, 3.8) is 0 Å². The van der Waals surface area contributed by atoms with Crippen LogP contribution in [0.3, 0.4) is 0 Å². The predicted octanol–water partition coefficient (Wildman–Crippen LogP) is -0.911. The van der Waals surface area contributed by atoms with Crippen molar-refractivity contribution in [3.05, 3.63) is 0 Å². The Hall–Kier alpha value is -1.51. The Morgan fingerprint density at radius 1 is 1.05 bits per heavy atom. The first-order valence-electron chi connectivity index (χ1n) is 6.04. The van der Waals surface area contributed by atoms with Crippen LogP contribution in [0.4, 0.5) is 0 Å². The summed E-state index contributed by atoms with van der Waals surface area (Å²) in [6.07, 6.45) is -0.379. The molecule has 0 amide bonds. The summed E-state index contributed by atoms with van der Waals surface area (Å²) < 4.78 is 14.1. The van der Waals surface area contributed by atoms with Crippen molar-refractivity contribution in [3.8, 4) is 0 Å². The molecule has 0 unspecified atom stereocenters. The van der Waals surface area contributed by atoms with Gasteiger partial charge in [0.05, 0.1) is 25.7 Å². The molecule has 8 heteroatoms. The van der Waals surface area contributed by atoms with Crippen LogP contribution in [0, 0.1) is 0 Å². The average molecular weight is 290 g/mol. The summed E-state index contributed by atoms with van der Waals surface area (Å²) in [5.41, 5.74) is 10.4. The molecule has 0 aliphatic rings. The lowest BCUT2D eigenvalue weighted by Crippen LogP contribution is -2.43. The molecule has 0 aromatic rings. The van der Waals surface area contributed by atoms with E-state index in [1.165, 1.54) is 0 Å². The molecule has 0 saturated carbocycles. The Morgan fingerprint density at radius 2 is 1.55 bits per heavy atom. The van der Waals surface area contributed by atoms with E-state index in [2.05, 4.69) is 9.47 Å². The van der Waals surface area contributed by atoms with Gasteiger partial charge in [0.1, 0.15) is 12.1 Å². The molecule has 0 aliphatic heterocycles. The first kappa shape index (κ1) is 18.5. The van der Waals surface area contributed by atoms with Gasteiger partial charge in [-0.1, -0.05) is 0 Å². The summed E-state index contributed by atoms with van der Waals surface area (Å²) in [6.45, 7) is 5.29. The summed E-state index contributed by atoms with van der Waals surface area (Å²) in [4.78, 5) is 33.9. The molecule has 116 valence electrons. The quantitative estimate of drug-likeness (QED) is 0.474. The molecule has 0 bridgehead atoms. The third-order valence-corrected chi connectivity index (χ3v) is 2.12. The normalized spacial score (nSPS) is 14.3. The van der Waals surface area contributed by atoms with Crippen molar-refractivity contribution in [2.24, 2.45) is 11.5 Å². The number of rotatable bonds is 6. The van der Waals surface area contributed by atoms with E-state index in [4.69, 9.17) is 16.2 Å². The maximum Gasteiger partial charge on any atom is 0.333 e. The Labute approximate surface area is 117 Å². The predicted molar refractivity (Wildman–Crippen MR) is 69.4 cm³/mol. The zero-order valence-corrected chi connectivity index (χ0v) is 12.2. The number of ether oxygens (including phenoxy) is 3. The van der Waals surface area contributed by atoms with E-state index in [1.54, 1.807) is 20.8 Å². The van der Waals surface area contributed by atoms with E-state index in [9.17, 15) is 14.4 Å². The number of hydrogen-bond acceptors (Lipinski definition) is 8. The van der Waals surface area contributed by atoms with Gasteiger partial charge in [-0.05, 0) is 20.8 Å². The highest BCUT2D eigenvalue weighted by molar-refractivity contribution is 5.92. The fourth-order valence-corrected chi connectivity index (χ4v) is 1.00. The molecule has 0 rings (SSSR count). The molecule has 0 saturated heterocycles. The summed E-state index contributed by atoms with van der Waals surface area (Å²) in [5, 5.41) is 0. The number of hydrogen-bond donors (Lipinski definition) is 2. The van der Waals surface area contributed by atoms with Gasteiger partial charge >= 0.3 is 17.9 Å². The van der Waals surface area contributed by atoms with Crippen molar-refractivity contribution in [2.45, 2.75) is 44.9 Å². The lowest BCUT2D eigenvalue weighted by atomic mass is 10.2. The first-order chi connectivity index (χ1) is 9.06.